The van der Waals surface area contributed by atoms with Crippen molar-refractivity contribution in [3.63, 3.8) is 0 Å². The third-order valence-corrected chi connectivity index (χ3v) is 5.44. The Morgan fingerprint density at radius 2 is 1.74 bits per heavy atom. The summed E-state index contributed by atoms with van der Waals surface area (Å²) in [4.78, 5) is 0.217. The van der Waals surface area contributed by atoms with Gasteiger partial charge in [0.2, 0.25) is 0 Å². The molecule has 0 spiro atoms. The number of aryl methyl sites for hydroxylation is 1. The Labute approximate surface area is 129 Å². The lowest BCUT2D eigenvalue weighted by Crippen LogP contribution is -2.14. The third kappa shape index (κ3) is 3.38. The number of sulfonamides is 1. The summed E-state index contributed by atoms with van der Waals surface area (Å²) in [7, 11) is -3.60. The van der Waals surface area contributed by atoms with Gasteiger partial charge >= 0.3 is 0 Å². The number of rotatable bonds is 3. The normalized spacial score (nSPS) is 11.3. The highest BCUT2D eigenvalue weighted by molar-refractivity contribution is 9.10. The Morgan fingerprint density at radius 1 is 1.05 bits per heavy atom. The Kier molecular flexibility index (Phi) is 4.32. The van der Waals surface area contributed by atoms with Crippen LogP contribution in [0.4, 0.5) is 5.69 Å². The van der Waals surface area contributed by atoms with Crippen LogP contribution in [0.15, 0.2) is 56.3 Å². The predicted octanol–water partition coefficient (Wildman–Crippen LogP) is 4.32. The van der Waals surface area contributed by atoms with E-state index >= 15 is 0 Å². The molecule has 100 valence electrons. The number of anilines is 1. The van der Waals surface area contributed by atoms with Crippen LogP contribution < -0.4 is 4.72 Å². The standard InChI is InChI=1S/C13H11Br2NO2S/c1-9-6-7-10(14)8-12(9)16-19(17,18)13-5-3-2-4-11(13)15/h2-8,16H,1H3. The molecule has 0 saturated heterocycles. The number of nitrogens with one attached hydrogen (secondary N) is 1. The summed E-state index contributed by atoms with van der Waals surface area (Å²) in [5.41, 5.74) is 1.42. The molecule has 0 aliphatic rings. The maximum Gasteiger partial charge on any atom is 0.263 e. The molecule has 19 heavy (non-hydrogen) atoms. The van der Waals surface area contributed by atoms with Gasteiger partial charge in [0.15, 0.2) is 0 Å². The van der Waals surface area contributed by atoms with Crippen LogP contribution in [-0.4, -0.2) is 8.42 Å². The second-order valence-electron chi connectivity index (χ2n) is 4.00. The first-order valence-electron chi connectivity index (χ1n) is 5.43. The van der Waals surface area contributed by atoms with Gasteiger partial charge in [0.1, 0.15) is 4.90 Å². The van der Waals surface area contributed by atoms with Gasteiger partial charge in [-0.15, -0.1) is 0 Å². The first kappa shape index (κ1) is 14.6. The second-order valence-corrected chi connectivity index (χ2v) is 7.42. The molecule has 0 heterocycles. The second kappa shape index (κ2) is 5.64. The van der Waals surface area contributed by atoms with E-state index < -0.39 is 10.0 Å². The van der Waals surface area contributed by atoms with Gasteiger partial charge in [0.25, 0.3) is 10.0 Å². The maximum atomic E-state index is 12.3. The molecule has 0 bridgehead atoms. The number of hydrogen-bond donors (Lipinski definition) is 1. The van der Waals surface area contributed by atoms with E-state index in [1.165, 1.54) is 0 Å². The topological polar surface area (TPSA) is 46.2 Å². The van der Waals surface area contributed by atoms with Crippen LogP contribution in [0.25, 0.3) is 0 Å². The maximum absolute atomic E-state index is 12.3. The lowest BCUT2D eigenvalue weighted by Gasteiger charge is -2.12. The quantitative estimate of drug-likeness (QED) is 0.827. The Morgan fingerprint density at radius 3 is 2.42 bits per heavy atom. The highest BCUT2D eigenvalue weighted by Gasteiger charge is 2.18. The molecular formula is C13H11Br2NO2S. The lowest BCUT2D eigenvalue weighted by molar-refractivity contribution is 0.600. The van der Waals surface area contributed by atoms with E-state index in [2.05, 4.69) is 36.6 Å². The molecular weight excluding hydrogens is 394 g/mol. The fourth-order valence-electron chi connectivity index (χ4n) is 1.57. The molecule has 0 amide bonds. The summed E-state index contributed by atoms with van der Waals surface area (Å²) in [6, 6.07) is 12.2. The van der Waals surface area contributed by atoms with E-state index in [-0.39, 0.29) is 4.90 Å². The van der Waals surface area contributed by atoms with Crippen LogP contribution in [0.3, 0.4) is 0 Å². The van der Waals surface area contributed by atoms with Gasteiger partial charge in [0.05, 0.1) is 5.69 Å². The predicted molar refractivity (Wildman–Crippen MR) is 83.8 cm³/mol. The zero-order valence-electron chi connectivity index (χ0n) is 10.0. The van der Waals surface area contributed by atoms with Crippen LogP contribution in [-0.2, 0) is 10.0 Å². The van der Waals surface area contributed by atoms with Gasteiger partial charge in [-0.05, 0) is 52.7 Å². The van der Waals surface area contributed by atoms with Crippen LogP contribution in [0.1, 0.15) is 5.56 Å². The zero-order valence-corrected chi connectivity index (χ0v) is 14.0. The van der Waals surface area contributed by atoms with E-state index in [0.29, 0.717) is 10.2 Å². The molecule has 0 aromatic heterocycles. The van der Waals surface area contributed by atoms with Crippen molar-refractivity contribution in [3.8, 4) is 0 Å². The summed E-state index contributed by atoms with van der Waals surface area (Å²) >= 11 is 6.58. The largest absolute Gasteiger partial charge is 0.279 e. The van der Waals surface area contributed by atoms with Crippen LogP contribution in [0, 0.1) is 6.92 Å². The van der Waals surface area contributed by atoms with Crippen molar-refractivity contribution >= 4 is 47.6 Å². The fourth-order valence-corrected chi connectivity index (χ4v) is 4.05. The van der Waals surface area contributed by atoms with Crippen LogP contribution >= 0.6 is 31.9 Å². The minimum atomic E-state index is -3.60. The van der Waals surface area contributed by atoms with Crippen molar-refractivity contribution in [2.45, 2.75) is 11.8 Å². The van der Waals surface area contributed by atoms with Gasteiger partial charge in [0, 0.05) is 8.95 Å². The van der Waals surface area contributed by atoms with Gasteiger partial charge in [-0.1, -0.05) is 34.1 Å². The molecule has 0 unspecified atom stereocenters. The molecule has 2 aromatic carbocycles. The molecule has 3 nitrogen and oxygen atoms in total. The number of hydrogen-bond acceptors (Lipinski definition) is 2. The molecule has 0 atom stereocenters. The monoisotopic (exact) mass is 403 g/mol. The highest BCUT2D eigenvalue weighted by Crippen LogP contribution is 2.26. The molecule has 0 radical (unpaired) electrons. The summed E-state index contributed by atoms with van der Waals surface area (Å²) in [5, 5.41) is 0. The number of halogens is 2. The number of benzene rings is 2. The minimum absolute atomic E-state index is 0.217. The molecule has 1 N–H and O–H groups in total. The van der Waals surface area contributed by atoms with Crippen molar-refractivity contribution < 1.29 is 8.42 Å². The molecule has 0 aliphatic carbocycles. The SMILES string of the molecule is Cc1ccc(Br)cc1NS(=O)(=O)c1ccccc1Br. The van der Waals surface area contributed by atoms with Crippen LogP contribution in [0.2, 0.25) is 0 Å². The van der Waals surface area contributed by atoms with E-state index in [0.717, 1.165) is 10.0 Å². The average Bonchev–Trinajstić information content (AvgIpc) is 2.34. The first-order chi connectivity index (χ1) is 8.90. The van der Waals surface area contributed by atoms with Gasteiger partial charge in [-0.25, -0.2) is 8.42 Å². The lowest BCUT2D eigenvalue weighted by atomic mass is 10.2. The van der Waals surface area contributed by atoms with E-state index in [1.54, 1.807) is 30.3 Å². The van der Waals surface area contributed by atoms with Gasteiger partial charge in [-0.3, -0.25) is 4.72 Å². The van der Waals surface area contributed by atoms with Crippen molar-refractivity contribution in [2.24, 2.45) is 0 Å². The third-order valence-electron chi connectivity index (χ3n) is 2.57. The van der Waals surface area contributed by atoms with Crippen LogP contribution in [0.5, 0.6) is 0 Å². The van der Waals surface area contributed by atoms with Crippen molar-refractivity contribution in [1.82, 2.24) is 0 Å². The van der Waals surface area contributed by atoms with E-state index in [9.17, 15) is 8.42 Å². The van der Waals surface area contributed by atoms with Gasteiger partial charge in [-0.2, -0.15) is 0 Å². The molecule has 2 aromatic rings. The summed E-state index contributed by atoms with van der Waals surface area (Å²) in [6.45, 7) is 1.85. The summed E-state index contributed by atoms with van der Waals surface area (Å²) in [5.74, 6) is 0. The summed E-state index contributed by atoms with van der Waals surface area (Å²) < 4.78 is 28.6. The molecule has 0 fully saturated rings. The summed E-state index contributed by atoms with van der Waals surface area (Å²) in [6.07, 6.45) is 0. The first-order valence-corrected chi connectivity index (χ1v) is 8.50. The van der Waals surface area contributed by atoms with E-state index in [1.807, 2.05) is 19.1 Å². The smallest absolute Gasteiger partial charge is 0.263 e. The fraction of sp³-hybridized carbons (Fsp3) is 0.0769. The highest BCUT2D eigenvalue weighted by atomic mass is 79.9. The van der Waals surface area contributed by atoms with Gasteiger partial charge < -0.3 is 0 Å². The minimum Gasteiger partial charge on any atom is -0.279 e. The molecule has 0 saturated carbocycles. The average molecular weight is 405 g/mol. The van der Waals surface area contributed by atoms with Crippen molar-refractivity contribution in [1.29, 1.82) is 0 Å². The van der Waals surface area contributed by atoms with Crippen molar-refractivity contribution in [3.05, 3.63) is 57.0 Å². The van der Waals surface area contributed by atoms with E-state index in [4.69, 9.17) is 0 Å². The Balaban J connectivity index is 2.43. The van der Waals surface area contributed by atoms with Crippen molar-refractivity contribution in [2.75, 3.05) is 4.72 Å². The Hall–Kier alpha value is -0.850. The molecule has 2 rings (SSSR count). The molecule has 0 aliphatic heterocycles. The zero-order chi connectivity index (χ0) is 14.0. The molecule has 6 heteroatoms. The Bertz CT molecular complexity index is 714.